The zero-order valence-corrected chi connectivity index (χ0v) is 9.76. The Labute approximate surface area is 100 Å². The number of hydrogen-bond donors (Lipinski definition) is 2. The molecule has 0 aliphatic rings. The molecule has 17 heavy (non-hydrogen) atoms. The molecule has 0 fully saturated rings. The third-order valence-corrected chi connectivity index (χ3v) is 2.07. The minimum atomic E-state index is -0.396. The molecule has 0 saturated heterocycles. The fourth-order valence-corrected chi connectivity index (χ4v) is 1.28. The van der Waals surface area contributed by atoms with Gasteiger partial charge in [-0.15, -0.1) is 0 Å². The van der Waals surface area contributed by atoms with Gasteiger partial charge in [0.25, 0.3) is 5.91 Å². The highest BCUT2D eigenvalue weighted by atomic mass is 16.5. The van der Waals surface area contributed by atoms with Crippen LogP contribution >= 0.6 is 0 Å². The number of ether oxygens (including phenoxy) is 2. The number of rotatable bonds is 7. The van der Waals surface area contributed by atoms with E-state index in [1.807, 2.05) is 18.2 Å². The van der Waals surface area contributed by atoms with Crippen LogP contribution in [0.3, 0.4) is 0 Å². The van der Waals surface area contributed by atoms with Gasteiger partial charge in [-0.2, -0.15) is 0 Å². The summed E-state index contributed by atoms with van der Waals surface area (Å²) in [6.07, 6.45) is 0. The first-order valence-corrected chi connectivity index (χ1v) is 5.33. The van der Waals surface area contributed by atoms with Crippen LogP contribution in [0.2, 0.25) is 0 Å². The summed E-state index contributed by atoms with van der Waals surface area (Å²) < 4.78 is 10.1. The van der Waals surface area contributed by atoms with Crippen molar-refractivity contribution in [2.75, 3.05) is 26.9 Å². The minimum Gasteiger partial charge on any atom is -0.484 e. The predicted molar refractivity (Wildman–Crippen MR) is 62.8 cm³/mol. The van der Waals surface area contributed by atoms with E-state index in [0.717, 1.165) is 0 Å². The maximum Gasteiger partial charge on any atom is 0.258 e. The zero-order valence-electron chi connectivity index (χ0n) is 9.76. The first-order valence-electron chi connectivity index (χ1n) is 5.33. The molecule has 1 aromatic carbocycles. The number of amides is 1. The van der Waals surface area contributed by atoms with E-state index in [0.29, 0.717) is 5.75 Å². The van der Waals surface area contributed by atoms with Gasteiger partial charge in [-0.3, -0.25) is 4.79 Å². The molecule has 2 N–H and O–H groups in total. The fraction of sp³-hybridized carbons (Fsp3) is 0.417. The van der Waals surface area contributed by atoms with Crippen molar-refractivity contribution in [1.29, 1.82) is 0 Å². The average molecular weight is 239 g/mol. The maximum absolute atomic E-state index is 11.5. The quantitative estimate of drug-likeness (QED) is 0.712. The molecule has 0 spiro atoms. The lowest BCUT2D eigenvalue weighted by molar-refractivity contribution is -0.124. The number of carbonyl (C=O) groups is 1. The SMILES string of the molecule is COCC(CO)NC(=O)COc1ccccc1. The minimum absolute atomic E-state index is 0.0791. The monoisotopic (exact) mass is 239 g/mol. The van der Waals surface area contributed by atoms with Gasteiger partial charge in [0.05, 0.1) is 19.3 Å². The van der Waals surface area contributed by atoms with Crippen LogP contribution < -0.4 is 10.1 Å². The van der Waals surface area contributed by atoms with Crippen molar-refractivity contribution in [3.05, 3.63) is 30.3 Å². The van der Waals surface area contributed by atoms with Crippen LogP contribution in [-0.4, -0.2) is 44.0 Å². The predicted octanol–water partition coefficient (Wildman–Crippen LogP) is 0.189. The average Bonchev–Trinajstić information content (AvgIpc) is 2.37. The first-order chi connectivity index (χ1) is 8.26. The number of nitrogens with one attached hydrogen (secondary N) is 1. The second-order valence-electron chi connectivity index (χ2n) is 3.50. The first kappa shape index (κ1) is 13.5. The molecular weight excluding hydrogens is 222 g/mol. The van der Waals surface area contributed by atoms with Gasteiger partial charge in [-0.05, 0) is 12.1 Å². The standard InChI is InChI=1S/C12H17NO4/c1-16-8-10(7-14)13-12(15)9-17-11-5-3-2-4-6-11/h2-6,10,14H,7-9H2,1H3,(H,13,15). The van der Waals surface area contributed by atoms with Crippen LogP contribution in [0.15, 0.2) is 30.3 Å². The van der Waals surface area contributed by atoms with Crippen molar-refractivity contribution in [2.45, 2.75) is 6.04 Å². The molecule has 1 rings (SSSR count). The number of benzene rings is 1. The van der Waals surface area contributed by atoms with Crippen LogP contribution in [0, 0.1) is 0 Å². The van der Waals surface area contributed by atoms with Gasteiger partial charge in [0, 0.05) is 7.11 Å². The Balaban J connectivity index is 2.30. The normalized spacial score (nSPS) is 11.9. The van der Waals surface area contributed by atoms with Crippen molar-refractivity contribution >= 4 is 5.91 Å². The number of aliphatic hydroxyl groups excluding tert-OH is 1. The van der Waals surface area contributed by atoms with Gasteiger partial charge in [-0.25, -0.2) is 0 Å². The highest BCUT2D eigenvalue weighted by Crippen LogP contribution is 2.07. The second kappa shape index (κ2) is 7.65. The van der Waals surface area contributed by atoms with Crippen molar-refractivity contribution in [3.8, 4) is 5.75 Å². The van der Waals surface area contributed by atoms with Gasteiger partial charge >= 0.3 is 0 Å². The van der Waals surface area contributed by atoms with Crippen LogP contribution in [-0.2, 0) is 9.53 Å². The van der Waals surface area contributed by atoms with E-state index in [4.69, 9.17) is 14.6 Å². The summed E-state index contributed by atoms with van der Waals surface area (Å²) in [6.45, 7) is 0.0305. The fourth-order valence-electron chi connectivity index (χ4n) is 1.28. The summed E-state index contributed by atoms with van der Waals surface area (Å²) in [7, 11) is 1.51. The Morgan fingerprint density at radius 2 is 2.12 bits per heavy atom. The van der Waals surface area contributed by atoms with Crippen LogP contribution in [0.25, 0.3) is 0 Å². The highest BCUT2D eigenvalue weighted by molar-refractivity contribution is 5.77. The van der Waals surface area contributed by atoms with E-state index < -0.39 is 6.04 Å². The summed E-state index contributed by atoms with van der Waals surface area (Å²) >= 11 is 0. The smallest absolute Gasteiger partial charge is 0.258 e. The van der Waals surface area contributed by atoms with Gasteiger partial charge in [0.1, 0.15) is 5.75 Å². The molecule has 0 aliphatic heterocycles. The summed E-state index contributed by atoms with van der Waals surface area (Å²) in [5, 5.41) is 11.6. The molecule has 0 heterocycles. The molecule has 0 aliphatic carbocycles. The molecule has 0 bridgehead atoms. The Kier molecular flexibility index (Phi) is 6.06. The molecule has 94 valence electrons. The number of para-hydroxylation sites is 1. The van der Waals surface area contributed by atoms with E-state index in [2.05, 4.69) is 5.32 Å². The van der Waals surface area contributed by atoms with Crippen molar-refractivity contribution < 1.29 is 19.4 Å². The van der Waals surface area contributed by atoms with Gasteiger partial charge in [-0.1, -0.05) is 18.2 Å². The Morgan fingerprint density at radius 3 is 2.71 bits per heavy atom. The lowest BCUT2D eigenvalue weighted by Gasteiger charge is -2.15. The molecule has 5 nitrogen and oxygen atoms in total. The third kappa shape index (κ3) is 5.33. The van der Waals surface area contributed by atoms with E-state index >= 15 is 0 Å². The lowest BCUT2D eigenvalue weighted by atomic mass is 10.3. The van der Waals surface area contributed by atoms with Crippen molar-refractivity contribution in [1.82, 2.24) is 5.32 Å². The third-order valence-electron chi connectivity index (χ3n) is 2.07. The molecular formula is C12H17NO4. The largest absolute Gasteiger partial charge is 0.484 e. The molecule has 1 amide bonds. The summed E-state index contributed by atoms with van der Waals surface area (Å²) in [6, 6.07) is 8.67. The topological polar surface area (TPSA) is 67.8 Å². The van der Waals surface area contributed by atoms with Crippen LogP contribution in [0.4, 0.5) is 0 Å². The lowest BCUT2D eigenvalue weighted by Crippen LogP contribution is -2.42. The summed E-state index contributed by atoms with van der Waals surface area (Å²) in [5.41, 5.74) is 0. The number of methoxy groups -OCH3 is 1. The van der Waals surface area contributed by atoms with Gasteiger partial charge in [0.2, 0.25) is 0 Å². The number of aliphatic hydroxyl groups is 1. The molecule has 0 aromatic heterocycles. The number of hydrogen-bond acceptors (Lipinski definition) is 4. The summed E-state index contributed by atoms with van der Waals surface area (Å²) in [4.78, 5) is 11.5. The zero-order chi connectivity index (χ0) is 12.5. The summed E-state index contributed by atoms with van der Waals surface area (Å²) in [5.74, 6) is 0.347. The molecule has 5 heteroatoms. The molecule has 0 radical (unpaired) electrons. The molecule has 1 unspecified atom stereocenters. The number of carbonyl (C=O) groups excluding carboxylic acids is 1. The van der Waals surface area contributed by atoms with Gasteiger partial charge < -0.3 is 19.9 Å². The maximum atomic E-state index is 11.5. The van der Waals surface area contributed by atoms with E-state index in [1.54, 1.807) is 12.1 Å². The van der Waals surface area contributed by atoms with Crippen LogP contribution in [0.5, 0.6) is 5.75 Å². The van der Waals surface area contributed by atoms with Crippen molar-refractivity contribution in [3.63, 3.8) is 0 Å². The Morgan fingerprint density at radius 1 is 1.41 bits per heavy atom. The Hall–Kier alpha value is -1.59. The van der Waals surface area contributed by atoms with E-state index in [1.165, 1.54) is 7.11 Å². The molecule has 1 aromatic rings. The molecule has 0 saturated carbocycles. The van der Waals surface area contributed by atoms with E-state index in [9.17, 15) is 4.79 Å². The molecule has 1 atom stereocenters. The Bertz CT molecular complexity index is 329. The van der Waals surface area contributed by atoms with E-state index in [-0.39, 0.29) is 25.7 Å². The second-order valence-corrected chi connectivity index (χ2v) is 3.50. The van der Waals surface area contributed by atoms with Crippen molar-refractivity contribution in [2.24, 2.45) is 0 Å². The van der Waals surface area contributed by atoms with Crippen LogP contribution in [0.1, 0.15) is 0 Å². The van der Waals surface area contributed by atoms with Gasteiger partial charge in [0.15, 0.2) is 6.61 Å². The highest BCUT2D eigenvalue weighted by Gasteiger charge is 2.11.